The second kappa shape index (κ2) is 5.16. The minimum absolute atomic E-state index is 0.237. The molecule has 0 radical (unpaired) electrons. The van der Waals surface area contributed by atoms with Gasteiger partial charge >= 0.3 is 0 Å². The summed E-state index contributed by atoms with van der Waals surface area (Å²) in [6, 6.07) is 3.84. The minimum atomic E-state index is -0.237. The number of aromatic nitrogens is 3. The van der Waals surface area contributed by atoms with Crippen LogP contribution in [0.2, 0.25) is 0 Å². The van der Waals surface area contributed by atoms with E-state index in [1.807, 2.05) is 19.1 Å². The number of hydrogen-bond donors (Lipinski definition) is 1. The monoisotopic (exact) mass is 228 g/mol. The molecule has 2 heterocycles. The van der Waals surface area contributed by atoms with Crippen molar-refractivity contribution < 1.29 is 4.79 Å². The van der Waals surface area contributed by atoms with Gasteiger partial charge in [0.2, 0.25) is 0 Å². The molecule has 0 bridgehead atoms. The zero-order valence-electron chi connectivity index (χ0n) is 9.42. The smallest absolute Gasteiger partial charge is 0.271 e. The first kappa shape index (κ1) is 11.2. The quantitative estimate of drug-likeness (QED) is 0.854. The van der Waals surface area contributed by atoms with E-state index in [0.29, 0.717) is 12.2 Å². The summed E-state index contributed by atoms with van der Waals surface area (Å²) >= 11 is 0. The molecule has 0 spiro atoms. The summed E-state index contributed by atoms with van der Waals surface area (Å²) in [5.74, 6) is -0.237. The van der Waals surface area contributed by atoms with Crippen molar-refractivity contribution >= 4 is 5.91 Å². The molecule has 17 heavy (non-hydrogen) atoms. The number of nitrogens with one attached hydrogen (secondary N) is 1. The summed E-state index contributed by atoms with van der Waals surface area (Å²) in [6.45, 7) is 2.35. The summed E-state index contributed by atoms with van der Waals surface area (Å²) in [5, 5.41) is 2.75. The first-order valence-corrected chi connectivity index (χ1v) is 5.21. The Morgan fingerprint density at radius 2 is 2.12 bits per heavy atom. The molecule has 1 amide bonds. The standard InChI is InChI=1S/C12H12N4O/c1-9-2-3-10(6-15-9)7-16-12(17)11-8-13-4-5-14-11/h2-6,8H,7H2,1H3,(H,16,17). The summed E-state index contributed by atoms with van der Waals surface area (Å²) in [7, 11) is 0. The lowest BCUT2D eigenvalue weighted by Gasteiger charge is -2.04. The van der Waals surface area contributed by atoms with E-state index in [2.05, 4.69) is 20.3 Å². The first-order valence-electron chi connectivity index (χ1n) is 5.21. The third kappa shape index (κ3) is 3.07. The minimum Gasteiger partial charge on any atom is -0.347 e. The number of amides is 1. The van der Waals surface area contributed by atoms with Gasteiger partial charge in [-0.05, 0) is 18.6 Å². The number of carbonyl (C=O) groups is 1. The molecule has 1 N–H and O–H groups in total. The topological polar surface area (TPSA) is 67.8 Å². The van der Waals surface area contributed by atoms with Crippen LogP contribution in [0.3, 0.4) is 0 Å². The maximum atomic E-state index is 11.7. The SMILES string of the molecule is Cc1ccc(CNC(=O)c2cnccn2)cn1. The molecule has 2 aromatic rings. The van der Waals surface area contributed by atoms with Crippen molar-refractivity contribution in [2.45, 2.75) is 13.5 Å². The van der Waals surface area contributed by atoms with Crippen LogP contribution in [0.15, 0.2) is 36.9 Å². The van der Waals surface area contributed by atoms with E-state index in [9.17, 15) is 4.79 Å². The van der Waals surface area contributed by atoms with E-state index in [-0.39, 0.29) is 5.91 Å². The van der Waals surface area contributed by atoms with Crippen LogP contribution < -0.4 is 5.32 Å². The molecule has 0 aromatic carbocycles. The van der Waals surface area contributed by atoms with Gasteiger partial charge in [-0.1, -0.05) is 6.07 Å². The average molecular weight is 228 g/mol. The number of aryl methyl sites for hydroxylation is 1. The predicted octanol–water partition coefficient (Wildman–Crippen LogP) is 1.11. The van der Waals surface area contributed by atoms with Crippen molar-refractivity contribution in [1.29, 1.82) is 0 Å². The van der Waals surface area contributed by atoms with E-state index in [4.69, 9.17) is 0 Å². The predicted molar refractivity (Wildman–Crippen MR) is 62.2 cm³/mol. The molecule has 0 fully saturated rings. The van der Waals surface area contributed by atoms with Gasteiger partial charge in [0.15, 0.2) is 0 Å². The first-order chi connectivity index (χ1) is 8.25. The number of pyridine rings is 1. The molecule has 5 heteroatoms. The van der Waals surface area contributed by atoms with Gasteiger partial charge in [-0.3, -0.25) is 14.8 Å². The van der Waals surface area contributed by atoms with Crippen LogP contribution in [0.4, 0.5) is 0 Å². The maximum Gasteiger partial charge on any atom is 0.271 e. The highest BCUT2D eigenvalue weighted by Crippen LogP contribution is 1.99. The molecular weight excluding hydrogens is 216 g/mol. The summed E-state index contributed by atoms with van der Waals surface area (Å²) in [5.41, 5.74) is 2.22. The van der Waals surface area contributed by atoms with Crippen molar-refractivity contribution in [2.75, 3.05) is 0 Å². The van der Waals surface area contributed by atoms with Gasteiger partial charge in [-0.25, -0.2) is 4.98 Å². The van der Waals surface area contributed by atoms with Gasteiger partial charge in [0, 0.05) is 30.8 Å². The third-order valence-corrected chi connectivity index (χ3v) is 2.22. The van der Waals surface area contributed by atoms with E-state index >= 15 is 0 Å². The molecule has 2 aromatic heterocycles. The summed E-state index contributed by atoms with van der Waals surface area (Å²) < 4.78 is 0. The van der Waals surface area contributed by atoms with Gasteiger partial charge < -0.3 is 5.32 Å². The van der Waals surface area contributed by atoms with Crippen molar-refractivity contribution in [1.82, 2.24) is 20.3 Å². The Kier molecular flexibility index (Phi) is 3.40. The molecule has 0 aliphatic carbocycles. The lowest BCUT2D eigenvalue weighted by molar-refractivity contribution is 0.0945. The molecule has 0 saturated heterocycles. The third-order valence-electron chi connectivity index (χ3n) is 2.22. The molecule has 2 rings (SSSR count). The fourth-order valence-electron chi connectivity index (χ4n) is 1.29. The van der Waals surface area contributed by atoms with Crippen LogP contribution >= 0.6 is 0 Å². The maximum absolute atomic E-state index is 11.7. The van der Waals surface area contributed by atoms with E-state index in [1.54, 1.807) is 6.20 Å². The lowest BCUT2D eigenvalue weighted by Crippen LogP contribution is -2.23. The van der Waals surface area contributed by atoms with Crippen molar-refractivity contribution in [3.63, 3.8) is 0 Å². The Bertz CT molecular complexity index is 496. The molecule has 0 aliphatic rings. The zero-order chi connectivity index (χ0) is 12.1. The van der Waals surface area contributed by atoms with Crippen molar-refractivity contribution in [2.24, 2.45) is 0 Å². The highest BCUT2D eigenvalue weighted by Gasteiger charge is 2.05. The van der Waals surface area contributed by atoms with E-state index in [1.165, 1.54) is 18.6 Å². The highest BCUT2D eigenvalue weighted by molar-refractivity contribution is 5.91. The molecule has 5 nitrogen and oxygen atoms in total. The molecule has 0 saturated carbocycles. The second-order valence-electron chi connectivity index (χ2n) is 3.58. The fourth-order valence-corrected chi connectivity index (χ4v) is 1.29. The van der Waals surface area contributed by atoms with E-state index in [0.717, 1.165) is 11.3 Å². The Hall–Kier alpha value is -2.30. The molecule has 86 valence electrons. The van der Waals surface area contributed by atoms with Crippen LogP contribution in [0.1, 0.15) is 21.7 Å². The Labute approximate surface area is 99.0 Å². The molecule has 0 atom stereocenters. The molecular formula is C12H12N4O. The van der Waals surface area contributed by atoms with Gasteiger partial charge in [-0.2, -0.15) is 0 Å². The largest absolute Gasteiger partial charge is 0.347 e. The highest BCUT2D eigenvalue weighted by atomic mass is 16.1. The van der Waals surface area contributed by atoms with Crippen LogP contribution in [0.25, 0.3) is 0 Å². The van der Waals surface area contributed by atoms with Gasteiger partial charge in [0.1, 0.15) is 5.69 Å². The average Bonchev–Trinajstić information content (AvgIpc) is 2.39. The zero-order valence-corrected chi connectivity index (χ0v) is 9.42. The number of rotatable bonds is 3. The number of carbonyl (C=O) groups excluding carboxylic acids is 1. The van der Waals surface area contributed by atoms with Gasteiger partial charge in [0.25, 0.3) is 5.91 Å². The van der Waals surface area contributed by atoms with Gasteiger partial charge in [0.05, 0.1) is 6.20 Å². The fraction of sp³-hybridized carbons (Fsp3) is 0.167. The number of nitrogens with zero attached hydrogens (tertiary/aromatic N) is 3. The second-order valence-corrected chi connectivity index (χ2v) is 3.58. The molecule has 0 aliphatic heterocycles. The van der Waals surface area contributed by atoms with Crippen LogP contribution in [-0.4, -0.2) is 20.9 Å². The van der Waals surface area contributed by atoms with Crippen LogP contribution in [0.5, 0.6) is 0 Å². The van der Waals surface area contributed by atoms with Gasteiger partial charge in [-0.15, -0.1) is 0 Å². The number of hydrogen-bond acceptors (Lipinski definition) is 4. The van der Waals surface area contributed by atoms with Crippen molar-refractivity contribution in [3.8, 4) is 0 Å². The van der Waals surface area contributed by atoms with Crippen molar-refractivity contribution in [3.05, 3.63) is 53.9 Å². The Balaban J connectivity index is 1.95. The van der Waals surface area contributed by atoms with E-state index < -0.39 is 0 Å². The Morgan fingerprint density at radius 3 is 2.76 bits per heavy atom. The molecule has 0 unspecified atom stereocenters. The van der Waals surface area contributed by atoms with Crippen LogP contribution in [0, 0.1) is 6.92 Å². The normalized spacial score (nSPS) is 9.94. The van der Waals surface area contributed by atoms with Crippen LogP contribution in [-0.2, 0) is 6.54 Å². The summed E-state index contributed by atoms with van der Waals surface area (Å²) in [6.07, 6.45) is 6.19. The summed E-state index contributed by atoms with van der Waals surface area (Å²) in [4.78, 5) is 23.6. The lowest BCUT2D eigenvalue weighted by atomic mass is 10.2. The Morgan fingerprint density at radius 1 is 1.24 bits per heavy atom.